The highest BCUT2D eigenvalue weighted by atomic mass is 32.2. The summed E-state index contributed by atoms with van der Waals surface area (Å²) in [5.74, 6) is -1.07. The van der Waals surface area contributed by atoms with Gasteiger partial charge >= 0.3 is 0 Å². The minimum absolute atomic E-state index is 0.0185. The van der Waals surface area contributed by atoms with Crippen molar-refractivity contribution in [1.29, 1.82) is 0 Å². The van der Waals surface area contributed by atoms with Crippen LogP contribution in [0.2, 0.25) is 0 Å². The molecule has 2 amide bonds. The van der Waals surface area contributed by atoms with E-state index in [-0.39, 0.29) is 28.9 Å². The number of amides is 2. The SMILES string of the molecule is C=CCN=C1S[C@H](CC(=O)Nc2ccc(C)cc2)C(=O)N1S(=O)(=O)c1ccccc1. The predicted molar refractivity (Wildman–Crippen MR) is 119 cm³/mol. The van der Waals surface area contributed by atoms with Gasteiger partial charge in [-0.2, -0.15) is 4.31 Å². The average Bonchev–Trinajstić information content (AvgIpc) is 3.04. The van der Waals surface area contributed by atoms with E-state index in [2.05, 4.69) is 16.9 Å². The molecule has 1 fully saturated rings. The van der Waals surface area contributed by atoms with Crippen LogP contribution in [-0.2, 0) is 19.6 Å². The van der Waals surface area contributed by atoms with Gasteiger partial charge < -0.3 is 5.32 Å². The highest BCUT2D eigenvalue weighted by molar-refractivity contribution is 8.17. The lowest BCUT2D eigenvalue weighted by Gasteiger charge is -2.16. The lowest BCUT2D eigenvalue weighted by atomic mass is 10.2. The third kappa shape index (κ3) is 4.80. The Kier molecular flexibility index (Phi) is 6.73. The number of sulfonamides is 1. The smallest absolute Gasteiger partial charge is 0.272 e. The number of anilines is 1. The molecule has 2 aromatic rings. The van der Waals surface area contributed by atoms with Gasteiger partial charge in [0, 0.05) is 12.1 Å². The van der Waals surface area contributed by atoms with Gasteiger partial charge in [-0.15, -0.1) is 6.58 Å². The first kappa shape index (κ1) is 21.8. The van der Waals surface area contributed by atoms with Gasteiger partial charge in [-0.25, -0.2) is 8.42 Å². The minimum Gasteiger partial charge on any atom is -0.326 e. The number of aliphatic imine (C=N–C) groups is 1. The molecule has 0 bridgehead atoms. The molecule has 0 unspecified atom stereocenters. The van der Waals surface area contributed by atoms with Crippen molar-refractivity contribution in [3.63, 3.8) is 0 Å². The zero-order chi connectivity index (χ0) is 21.7. The number of aryl methyl sites for hydroxylation is 1. The second-order valence-electron chi connectivity index (χ2n) is 6.56. The van der Waals surface area contributed by atoms with Gasteiger partial charge in [0.15, 0.2) is 5.17 Å². The van der Waals surface area contributed by atoms with Gasteiger partial charge in [0.25, 0.3) is 15.9 Å². The van der Waals surface area contributed by atoms with E-state index in [4.69, 9.17) is 0 Å². The zero-order valence-corrected chi connectivity index (χ0v) is 17.9. The molecule has 0 saturated carbocycles. The lowest BCUT2D eigenvalue weighted by Crippen LogP contribution is -2.38. The van der Waals surface area contributed by atoms with Crippen LogP contribution in [-0.4, -0.2) is 41.5 Å². The molecule has 0 aliphatic carbocycles. The van der Waals surface area contributed by atoms with Crippen LogP contribution in [0, 0.1) is 6.92 Å². The van der Waals surface area contributed by atoms with E-state index in [1.807, 2.05) is 19.1 Å². The fourth-order valence-electron chi connectivity index (χ4n) is 2.76. The number of nitrogens with one attached hydrogen (secondary N) is 1. The lowest BCUT2D eigenvalue weighted by molar-refractivity contribution is -0.125. The number of benzene rings is 2. The van der Waals surface area contributed by atoms with Crippen LogP contribution in [0.5, 0.6) is 0 Å². The number of rotatable bonds is 7. The Morgan fingerprint density at radius 3 is 2.50 bits per heavy atom. The van der Waals surface area contributed by atoms with Gasteiger partial charge in [-0.1, -0.05) is 53.7 Å². The third-order valence-electron chi connectivity index (χ3n) is 4.24. The fraction of sp³-hybridized carbons (Fsp3) is 0.190. The van der Waals surface area contributed by atoms with E-state index in [1.165, 1.54) is 18.2 Å². The first-order valence-electron chi connectivity index (χ1n) is 9.15. The van der Waals surface area contributed by atoms with Gasteiger partial charge in [-0.3, -0.25) is 14.6 Å². The number of carbonyl (C=O) groups excluding carboxylic acids is 2. The predicted octanol–water partition coefficient (Wildman–Crippen LogP) is 3.20. The number of thioether (sulfide) groups is 1. The molecule has 2 aromatic carbocycles. The van der Waals surface area contributed by atoms with Crippen LogP contribution < -0.4 is 5.32 Å². The number of amidine groups is 1. The van der Waals surface area contributed by atoms with Crippen molar-refractivity contribution in [1.82, 2.24) is 4.31 Å². The molecule has 0 spiro atoms. The first-order valence-corrected chi connectivity index (χ1v) is 11.5. The van der Waals surface area contributed by atoms with Crippen molar-refractivity contribution in [2.75, 3.05) is 11.9 Å². The van der Waals surface area contributed by atoms with Crippen molar-refractivity contribution in [3.05, 3.63) is 72.8 Å². The number of carbonyl (C=O) groups is 2. The van der Waals surface area contributed by atoms with Crippen molar-refractivity contribution >= 4 is 44.5 Å². The topological polar surface area (TPSA) is 95.9 Å². The van der Waals surface area contributed by atoms with E-state index in [0.717, 1.165) is 17.3 Å². The number of nitrogens with zero attached hydrogens (tertiary/aromatic N) is 2. The standard InChI is InChI=1S/C21H21N3O4S2/c1-3-13-22-21-24(30(27,28)17-7-5-4-6-8-17)20(26)18(29-21)14-19(25)23-16-11-9-15(2)10-12-16/h3-12,18H,1,13-14H2,2H3,(H,23,25)/t18-/m1/s1. The van der Waals surface area contributed by atoms with E-state index in [1.54, 1.807) is 30.3 Å². The van der Waals surface area contributed by atoms with Crippen LogP contribution in [0.4, 0.5) is 5.69 Å². The molecule has 9 heteroatoms. The van der Waals surface area contributed by atoms with Crippen molar-refractivity contribution in [3.8, 4) is 0 Å². The summed E-state index contributed by atoms with van der Waals surface area (Å²) < 4.78 is 26.8. The summed E-state index contributed by atoms with van der Waals surface area (Å²) in [6.45, 7) is 5.66. The van der Waals surface area contributed by atoms with Crippen LogP contribution >= 0.6 is 11.8 Å². The fourth-order valence-corrected chi connectivity index (χ4v) is 5.62. The maximum absolute atomic E-state index is 13.1. The van der Waals surface area contributed by atoms with E-state index < -0.39 is 21.2 Å². The highest BCUT2D eigenvalue weighted by Crippen LogP contribution is 2.34. The molecule has 3 rings (SSSR count). The van der Waals surface area contributed by atoms with Gasteiger partial charge in [0.05, 0.1) is 11.4 Å². The van der Waals surface area contributed by atoms with Crippen LogP contribution in [0.1, 0.15) is 12.0 Å². The summed E-state index contributed by atoms with van der Waals surface area (Å²) in [4.78, 5) is 29.6. The summed E-state index contributed by atoms with van der Waals surface area (Å²) in [6, 6.07) is 14.9. The van der Waals surface area contributed by atoms with Crippen LogP contribution in [0.25, 0.3) is 0 Å². The molecular weight excluding hydrogens is 422 g/mol. The highest BCUT2D eigenvalue weighted by Gasteiger charge is 2.46. The quantitative estimate of drug-likeness (QED) is 0.663. The Morgan fingerprint density at radius 2 is 1.87 bits per heavy atom. The third-order valence-corrected chi connectivity index (χ3v) is 7.23. The second kappa shape index (κ2) is 9.27. The normalized spacial score (nSPS) is 17.9. The molecule has 1 N–H and O–H groups in total. The Balaban J connectivity index is 1.82. The number of hydrogen-bond acceptors (Lipinski definition) is 6. The molecule has 1 aliphatic rings. The maximum Gasteiger partial charge on any atom is 0.272 e. The molecule has 30 heavy (non-hydrogen) atoms. The molecule has 1 heterocycles. The monoisotopic (exact) mass is 443 g/mol. The van der Waals surface area contributed by atoms with Gasteiger partial charge in [0.1, 0.15) is 5.25 Å². The van der Waals surface area contributed by atoms with Crippen molar-refractivity contribution in [2.24, 2.45) is 4.99 Å². The molecule has 156 valence electrons. The van der Waals surface area contributed by atoms with Crippen molar-refractivity contribution in [2.45, 2.75) is 23.5 Å². The summed E-state index contributed by atoms with van der Waals surface area (Å²) >= 11 is 0.968. The Labute approximate surface area is 179 Å². The van der Waals surface area contributed by atoms with Gasteiger partial charge in [-0.05, 0) is 31.2 Å². The summed E-state index contributed by atoms with van der Waals surface area (Å²) in [5, 5.41) is 1.88. The molecule has 0 aromatic heterocycles. The van der Waals surface area contributed by atoms with E-state index in [0.29, 0.717) is 9.99 Å². The van der Waals surface area contributed by atoms with E-state index in [9.17, 15) is 18.0 Å². The van der Waals surface area contributed by atoms with Crippen LogP contribution in [0.15, 0.2) is 77.1 Å². The summed E-state index contributed by atoms with van der Waals surface area (Å²) in [6.07, 6.45) is 1.33. The second-order valence-corrected chi connectivity index (χ2v) is 9.51. The van der Waals surface area contributed by atoms with Crippen LogP contribution in [0.3, 0.4) is 0 Å². The molecule has 0 radical (unpaired) electrons. The molecule has 1 aliphatic heterocycles. The molecular formula is C21H21N3O4S2. The molecule has 1 saturated heterocycles. The largest absolute Gasteiger partial charge is 0.326 e. The zero-order valence-electron chi connectivity index (χ0n) is 16.3. The Hall–Kier alpha value is -2.91. The number of hydrogen-bond donors (Lipinski definition) is 1. The Bertz CT molecular complexity index is 1080. The Morgan fingerprint density at radius 1 is 1.20 bits per heavy atom. The summed E-state index contributed by atoms with van der Waals surface area (Å²) in [5.41, 5.74) is 1.66. The van der Waals surface area contributed by atoms with Gasteiger partial charge in [0.2, 0.25) is 5.91 Å². The molecule has 7 nitrogen and oxygen atoms in total. The van der Waals surface area contributed by atoms with Crippen molar-refractivity contribution < 1.29 is 18.0 Å². The summed E-state index contributed by atoms with van der Waals surface area (Å²) in [7, 11) is -4.13. The average molecular weight is 444 g/mol. The minimum atomic E-state index is -4.13. The molecule has 1 atom stereocenters. The van der Waals surface area contributed by atoms with E-state index >= 15 is 0 Å². The first-order chi connectivity index (χ1) is 14.3. The maximum atomic E-state index is 13.1.